The Kier molecular flexibility index (Phi) is 6.81. The highest BCUT2D eigenvalue weighted by atomic mass is 19.1. The maximum Gasteiger partial charge on any atom is 0.323 e. The van der Waals surface area contributed by atoms with E-state index < -0.39 is 17.7 Å². The molecule has 3 amide bonds. The first-order valence-corrected chi connectivity index (χ1v) is 9.86. The number of aromatic nitrogens is 1. The number of urea groups is 1. The smallest absolute Gasteiger partial charge is 0.323 e. The van der Waals surface area contributed by atoms with Crippen LogP contribution in [0.5, 0.6) is 0 Å². The van der Waals surface area contributed by atoms with E-state index in [1.807, 2.05) is 18.7 Å². The number of carbonyl (C=O) groups is 2. The molecular weight excluding hydrogens is 392 g/mol. The molecule has 1 aromatic carbocycles. The summed E-state index contributed by atoms with van der Waals surface area (Å²) in [6.45, 7) is 6.64. The number of nitrogens with zero attached hydrogens (tertiary/aromatic N) is 3. The van der Waals surface area contributed by atoms with Gasteiger partial charge >= 0.3 is 6.03 Å². The van der Waals surface area contributed by atoms with Crippen LogP contribution in [0.15, 0.2) is 36.5 Å². The lowest BCUT2D eigenvalue weighted by atomic mass is 10.2. The fourth-order valence-corrected chi connectivity index (χ4v) is 3.25. The van der Waals surface area contributed by atoms with Crippen LogP contribution in [0.4, 0.5) is 30.8 Å². The minimum absolute atomic E-state index is 0.0189. The summed E-state index contributed by atoms with van der Waals surface area (Å²) in [4.78, 5) is 32.6. The summed E-state index contributed by atoms with van der Waals surface area (Å²) in [5.41, 5.74) is 0.314. The number of nitrogens with one attached hydrogen (secondary N) is 2. The van der Waals surface area contributed by atoms with Crippen molar-refractivity contribution in [2.24, 2.45) is 5.92 Å². The number of benzene rings is 1. The molecule has 1 fully saturated rings. The van der Waals surface area contributed by atoms with Gasteiger partial charge in [-0.05, 0) is 30.7 Å². The van der Waals surface area contributed by atoms with Crippen molar-refractivity contribution in [1.82, 2.24) is 9.88 Å². The molecule has 7 nitrogen and oxygen atoms in total. The van der Waals surface area contributed by atoms with Crippen LogP contribution in [-0.4, -0.2) is 48.0 Å². The summed E-state index contributed by atoms with van der Waals surface area (Å²) >= 11 is 0. The van der Waals surface area contributed by atoms with Crippen LogP contribution in [0.3, 0.4) is 0 Å². The zero-order valence-electron chi connectivity index (χ0n) is 17.0. The largest absolute Gasteiger partial charge is 0.355 e. The molecule has 0 saturated carbocycles. The van der Waals surface area contributed by atoms with Gasteiger partial charge in [0, 0.05) is 38.2 Å². The average Bonchev–Trinajstić information content (AvgIpc) is 2.96. The van der Waals surface area contributed by atoms with E-state index >= 15 is 0 Å². The molecule has 30 heavy (non-hydrogen) atoms. The molecule has 1 aromatic heterocycles. The van der Waals surface area contributed by atoms with Crippen LogP contribution in [0, 0.1) is 17.6 Å². The first-order valence-electron chi connectivity index (χ1n) is 9.86. The Morgan fingerprint density at radius 2 is 1.83 bits per heavy atom. The van der Waals surface area contributed by atoms with E-state index in [-0.39, 0.29) is 17.5 Å². The van der Waals surface area contributed by atoms with E-state index in [1.54, 1.807) is 12.1 Å². The molecule has 1 aliphatic heterocycles. The van der Waals surface area contributed by atoms with Gasteiger partial charge in [0.15, 0.2) is 0 Å². The molecule has 0 unspecified atom stereocenters. The van der Waals surface area contributed by atoms with E-state index in [2.05, 4.69) is 20.5 Å². The van der Waals surface area contributed by atoms with Crippen LogP contribution in [0.2, 0.25) is 0 Å². The Balaban J connectivity index is 1.57. The maximum absolute atomic E-state index is 13.6. The van der Waals surface area contributed by atoms with Gasteiger partial charge in [-0.1, -0.05) is 13.8 Å². The van der Waals surface area contributed by atoms with E-state index in [1.165, 1.54) is 6.20 Å². The molecule has 2 N–H and O–H groups in total. The van der Waals surface area contributed by atoms with Crippen molar-refractivity contribution in [3.05, 3.63) is 48.2 Å². The number of amides is 3. The predicted molar refractivity (Wildman–Crippen MR) is 111 cm³/mol. The molecular formula is C21H25F2N5O2. The molecule has 0 aliphatic carbocycles. The number of rotatable bonds is 4. The topological polar surface area (TPSA) is 77.6 Å². The van der Waals surface area contributed by atoms with E-state index in [4.69, 9.17) is 0 Å². The highest BCUT2D eigenvalue weighted by molar-refractivity contribution is 5.99. The molecule has 9 heteroatoms. The van der Waals surface area contributed by atoms with Crippen molar-refractivity contribution in [3.8, 4) is 0 Å². The number of hydrogen-bond acceptors (Lipinski definition) is 4. The second kappa shape index (κ2) is 9.51. The lowest BCUT2D eigenvalue weighted by molar-refractivity contribution is -0.134. The zero-order valence-corrected chi connectivity index (χ0v) is 17.0. The quantitative estimate of drug-likeness (QED) is 0.795. The summed E-state index contributed by atoms with van der Waals surface area (Å²) in [6.07, 6.45) is 2.36. The highest BCUT2D eigenvalue weighted by Gasteiger charge is 2.21. The van der Waals surface area contributed by atoms with Crippen molar-refractivity contribution in [2.45, 2.75) is 20.3 Å². The minimum Gasteiger partial charge on any atom is -0.355 e. The van der Waals surface area contributed by atoms with Crippen molar-refractivity contribution in [1.29, 1.82) is 0 Å². The zero-order chi connectivity index (χ0) is 21.7. The monoisotopic (exact) mass is 417 g/mol. The van der Waals surface area contributed by atoms with E-state index in [9.17, 15) is 18.4 Å². The summed E-state index contributed by atoms with van der Waals surface area (Å²) in [6, 6.07) is 5.74. The third-order valence-electron chi connectivity index (χ3n) is 4.81. The van der Waals surface area contributed by atoms with Gasteiger partial charge in [-0.15, -0.1) is 0 Å². The first kappa shape index (κ1) is 21.5. The summed E-state index contributed by atoms with van der Waals surface area (Å²) in [5, 5.41) is 4.89. The Morgan fingerprint density at radius 3 is 2.50 bits per heavy atom. The van der Waals surface area contributed by atoms with Gasteiger partial charge in [0.1, 0.15) is 17.5 Å². The number of pyridine rings is 1. The van der Waals surface area contributed by atoms with Crippen LogP contribution >= 0.6 is 0 Å². The molecule has 3 rings (SSSR count). The van der Waals surface area contributed by atoms with Crippen molar-refractivity contribution in [2.75, 3.05) is 41.7 Å². The van der Waals surface area contributed by atoms with Crippen LogP contribution in [0.1, 0.15) is 20.3 Å². The van der Waals surface area contributed by atoms with E-state index in [0.29, 0.717) is 24.8 Å². The SMILES string of the molecule is CC(C)C(=O)N1CCCN(c2ccc(NC(=O)Nc3ccc(F)cc3F)cn2)CC1. The number of carbonyl (C=O) groups excluding carboxylic acids is 2. The summed E-state index contributed by atoms with van der Waals surface area (Å²) < 4.78 is 26.6. The predicted octanol–water partition coefficient (Wildman–Crippen LogP) is 3.70. The Bertz CT molecular complexity index is 905. The molecule has 1 saturated heterocycles. The third kappa shape index (κ3) is 5.43. The average molecular weight is 417 g/mol. The Labute approximate surface area is 174 Å². The van der Waals surface area contributed by atoms with Gasteiger partial charge in [-0.2, -0.15) is 0 Å². The Hall–Kier alpha value is -3.23. The summed E-state index contributed by atoms with van der Waals surface area (Å²) in [5.74, 6) is -0.680. The first-order chi connectivity index (χ1) is 14.3. The van der Waals surface area contributed by atoms with Crippen molar-refractivity contribution >= 4 is 29.1 Å². The molecule has 0 atom stereocenters. The molecule has 0 bridgehead atoms. The number of halogens is 2. The van der Waals surface area contributed by atoms with Gasteiger partial charge < -0.3 is 20.4 Å². The molecule has 0 radical (unpaired) electrons. The van der Waals surface area contributed by atoms with Gasteiger partial charge in [0.2, 0.25) is 5.91 Å². The fraction of sp³-hybridized carbons (Fsp3) is 0.381. The van der Waals surface area contributed by atoms with Gasteiger partial charge in [-0.3, -0.25) is 4.79 Å². The standard InChI is InChI=1S/C21H25F2N5O2/c1-14(2)20(29)28-9-3-8-27(10-11-28)19-7-5-16(13-24-19)25-21(30)26-18-6-4-15(22)12-17(18)23/h4-7,12-14H,3,8-11H2,1-2H3,(H2,25,26,30). The minimum atomic E-state index is -0.857. The van der Waals surface area contributed by atoms with Gasteiger partial charge in [0.05, 0.1) is 17.6 Å². The lowest BCUT2D eigenvalue weighted by Crippen LogP contribution is -2.37. The molecule has 160 valence electrons. The summed E-state index contributed by atoms with van der Waals surface area (Å²) in [7, 11) is 0. The van der Waals surface area contributed by atoms with Gasteiger partial charge in [0.25, 0.3) is 0 Å². The lowest BCUT2D eigenvalue weighted by Gasteiger charge is -2.24. The van der Waals surface area contributed by atoms with Crippen molar-refractivity contribution in [3.63, 3.8) is 0 Å². The second-order valence-electron chi connectivity index (χ2n) is 7.43. The van der Waals surface area contributed by atoms with E-state index in [0.717, 1.165) is 37.5 Å². The van der Waals surface area contributed by atoms with Crippen LogP contribution in [-0.2, 0) is 4.79 Å². The highest BCUT2D eigenvalue weighted by Crippen LogP contribution is 2.18. The number of hydrogen-bond donors (Lipinski definition) is 2. The van der Waals surface area contributed by atoms with Crippen LogP contribution in [0.25, 0.3) is 0 Å². The van der Waals surface area contributed by atoms with Crippen LogP contribution < -0.4 is 15.5 Å². The Morgan fingerprint density at radius 1 is 1.03 bits per heavy atom. The molecule has 2 aromatic rings. The molecule has 0 spiro atoms. The third-order valence-corrected chi connectivity index (χ3v) is 4.81. The molecule has 1 aliphatic rings. The number of anilines is 3. The van der Waals surface area contributed by atoms with Gasteiger partial charge in [-0.25, -0.2) is 18.6 Å². The normalized spacial score (nSPS) is 14.4. The second-order valence-corrected chi connectivity index (χ2v) is 7.43. The molecule has 2 heterocycles. The van der Waals surface area contributed by atoms with Crippen molar-refractivity contribution < 1.29 is 18.4 Å². The fourth-order valence-electron chi connectivity index (χ4n) is 3.25. The maximum atomic E-state index is 13.6.